The van der Waals surface area contributed by atoms with Crippen LogP contribution in [0.15, 0.2) is 18.3 Å². The summed E-state index contributed by atoms with van der Waals surface area (Å²) in [6.07, 6.45) is 2.18. The molecular weight excluding hydrogens is 254 g/mol. The van der Waals surface area contributed by atoms with Gasteiger partial charge in [0.05, 0.1) is 0 Å². The van der Waals surface area contributed by atoms with E-state index in [4.69, 9.17) is 9.47 Å². The number of methoxy groups -OCH3 is 2. The van der Waals surface area contributed by atoms with Crippen molar-refractivity contribution < 1.29 is 9.47 Å². The molecule has 1 aliphatic rings. The number of nitrogens with one attached hydrogen (secondary N) is 1. The van der Waals surface area contributed by atoms with Crippen LogP contribution in [0, 0.1) is 0 Å². The van der Waals surface area contributed by atoms with Crippen LogP contribution in [0.5, 0.6) is 0 Å². The monoisotopic (exact) mass is 279 g/mol. The van der Waals surface area contributed by atoms with Crippen molar-refractivity contribution in [3.63, 3.8) is 0 Å². The van der Waals surface area contributed by atoms with E-state index < -0.39 is 0 Å². The van der Waals surface area contributed by atoms with Crippen molar-refractivity contribution in [1.29, 1.82) is 0 Å². The summed E-state index contributed by atoms with van der Waals surface area (Å²) in [5, 5.41) is 3.39. The third-order valence-electron chi connectivity index (χ3n) is 3.93. The molecule has 1 saturated heterocycles. The Hall–Kier alpha value is -1.17. The third kappa shape index (κ3) is 3.29. The second kappa shape index (κ2) is 7.02. The SMILES string of the molecule is CCNC(C)c1ccc(N2CC(OC)C(OC)C2)nc1. The topological polar surface area (TPSA) is 46.6 Å². The molecule has 0 amide bonds. The zero-order chi connectivity index (χ0) is 14.5. The highest BCUT2D eigenvalue weighted by Crippen LogP contribution is 2.22. The molecular formula is C15H25N3O2. The van der Waals surface area contributed by atoms with Crippen LogP contribution < -0.4 is 10.2 Å². The van der Waals surface area contributed by atoms with Crippen LogP contribution in [0.2, 0.25) is 0 Å². The molecule has 5 heteroatoms. The molecule has 0 radical (unpaired) electrons. The molecule has 0 spiro atoms. The van der Waals surface area contributed by atoms with Crippen LogP contribution in [0.25, 0.3) is 0 Å². The molecule has 2 rings (SSSR count). The van der Waals surface area contributed by atoms with Crippen molar-refractivity contribution >= 4 is 5.82 Å². The average molecular weight is 279 g/mol. The molecule has 1 aliphatic heterocycles. The number of pyridine rings is 1. The summed E-state index contributed by atoms with van der Waals surface area (Å²) in [5.41, 5.74) is 1.21. The van der Waals surface area contributed by atoms with Crippen LogP contribution in [0.4, 0.5) is 5.82 Å². The lowest BCUT2D eigenvalue weighted by Crippen LogP contribution is -2.27. The first-order valence-electron chi connectivity index (χ1n) is 7.19. The Morgan fingerprint density at radius 2 is 1.95 bits per heavy atom. The van der Waals surface area contributed by atoms with Crippen LogP contribution in [-0.2, 0) is 9.47 Å². The van der Waals surface area contributed by atoms with Gasteiger partial charge >= 0.3 is 0 Å². The Morgan fingerprint density at radius 3 is 2.40 bits per heavy atom. The van der Waals surface area contributed by atoms with E-state index in [1.807, 2.05) is 6.20 Å². The molecule has 0 aliphatic carbocycles. The molecule has 3 unspecified atom stereocenters. The number of anilines is 1. The van der Waals surface area contributed by atoms with Crippen LogP contribution in [0.3, 0.4) is 0 Å². The van der Waals surface area contributed by atoms with Gasteiger partial charge in [0.25, 0.3) is 0 Å². The zero-order valence-electron chi connectivity index (χ0n) is 12.8. The highest BCUT2D eigenvalue weighted by molar-refractivity contribution is 5.42. The van der Waals surface area contributed by atoms with Gasteiger partial charge in [-0.1, -0.05) is 13.0 Å². The molecule has 5 nitrogen and oxygen atoms in total. The average Bonchev–Trinajstić information content (AvgIpc) is 2.91. The Balaban J connectivity index is 2.03. The first kappa shape index (κ1) is 15.2. The number of ether oxygens (including phenoxy) is 2. The van der Waals surface area contributed by atoms with Gasteiger partial charge in [0.15, 0.2) is 0 Å². The fourth-order valence-corrected chi connectivity index (χ4v) is 2.65. The minimum absolute atomic E-state index is 0.113. The first-order chi connectivity index (χ1) is 9.69. The molecule has 0 bridgehead atoms. The molecule has 3 atom stereocenters. The van der Waals surface area contributed by atoms with Crippen molar-refractivity contribution in [2.75, 3.05) is 38.8 Å². The molecule has 2 heterocycles. The van der Waals surface area contributed by atoms with Crippen LogP contribution in [0.1, 0.15) is 25.5 Å². The Kier molecular flexibility index (Phi) is 5.34. The summed E-state index contributed by atoms with van der Waals surface area (Å²) in [6.45, 7) is 6.87. The summed E-state index contributed by atoms with van der Waals surface area (Å²) in [5.74, 6) is 0.985. The lowest BCUT2D eigenvalue weighted by molar-refractivity contribution is -0.00461. The van der Waals surface area contributed by atoms with Gasteiger partial charge in [-0.25, -0.2) is 4.98 Å². The summed E-state index contributed by atoms with van der Waals surface area (Å²) < 4.78 is 10.9. The van der Waals surface area contributed by atoms with Crippen LogP contribution in [-0.4, -0.2) is 51.0 Å². The molecule has 20 heavy (non-hydrogen) atoms. The maximum Gasteiger partial charge on any atom is 0.128 e. The van der Waals surface area contributed by atoms with Crippen molar-refractivity contribution in [2.45, 2.75) is 32.1 Å². The van der Waals surface area contributed by atoms with Gasteiger partial charge in [0.1, 0.15) is 18.0 Å². The summed E-state index contributed by atoms with van der Waals surface area (Å²) in [6, 6.07) is 4.55. The smallest absolute Gasteiger partial charge is 0.128 e. The third-order valence-corrected chi connectivity index (χ3v) is 3.93. The predicted molar refractivity (Wildman–Crippen MR) is 80.1 cm³/mol. The molecule has 0 saturated carbocycles. The van der Waals surface area contributed by atoms with Gasteiger partial charge in [0, 0.05) is 39.5 Å². The van der Waals surface area contributed by atoms with Gasteiger partial charge < -0.3 is 19.7 Å². The van der Waals surface area contributed by atoms with E-state index in [0.29, 0.717) is 6.04 Å². The number of nitrogens with zero attached hydrogens (tertiary/aromatic N) is 2. The fraction of sp³-hybridized carbons (Fsp3) is 0.667. The lowest BCUT2D eigenvalue weighted by Gasteiger charge is -2.18. The normalized spacial score (nSPS) is 24.1. The second-order valence-electron chi connectivity index (χ2n) is 5.18. The van der Waals surface area contributed by atoms with Crippen molar-refractivity contribution in [3.05, 3.63) is 23.9 Å². The minimum Gasteiger partial charge on any atom is -0.377 e. The van der Waals surface area contributed by atoms with Gasteiger partial charge in [0.2, 0.25) is 0 Å². The van der Waals surface area contributed by atoms with E-state index in [-0.39, 0.29) is 12.2 Å². The zero-order valence-corrected chi connectivity index (χ0v) is 12.8. The summed E-state index contributed by atoms with van der Waals surface area (Å²) in [7, 11) is 3.46. The number of aromatic nitrogens is 1. The molecule has 1 aromatic heterocycles. The Labute approximate surface area is 121 Å². The van der Waals surface area contributed by atoms with E-state index in [9.17, 15) is 0 Å². The van der Waals surface area contributed by atoms with E-state index in [1.54, 1.807) is 14.2 Å². The van der Waals surface area contributed by atoms with Gasteiger partial charge in [-0.05, 0) is 25.1 Å². The summed E-state index contributed by atoms with van der Waals surface area (Å²) in [4.78, 5) is 6.79. The quantitative estimate of drug-likeness (QED) is 0.857. The van der Waals surface area contributed by atoms with E-state index in [2.05, 4.69) is 41.2 Å². The maximum absolute atomic E-state index is 5.46. The van der Waals surface area contributed by atoms with Crippen molar-refractivity contribution in [3.8, 4) is 0 Å². The van der Waals surface area contributed by atoms with E-state index >= 15 is 0 Å². The van der Waals surface area contributed by atoms with Crippen LogP contribution >= 0.6 is 0 Å². The second-order valence-corrected chi connectivity index (χ2v) is 5.18. The molecule has 1 fully saturated rings. The van der Waals surface area contributed by atoms with Gasteiger partial charge in [-0.15, -0.1) is 0 Å². The molecule has 112 valence electrons. The number of hydrogen-bond acceptors (Lipinski definition) is 5. The first-order valence-corrected chi connectivity index (χ1v) is 7.19. The predicted octanol–water partition coefficient (Wildman–Crippen LogP) is 1.60. The molecule has 1 N–H and O–H groups in total. The van der Waals surface area contributed by atoms with E-state index in [0.717, 1.165) is 25.5 Å². The summed E-state index contributed by atoms with van der Waals surface area (Å²) >= 11 is 0. The molecule has 0 aromatic carbocycles. The number of hydrogen-bond donors (Lipinski definition) is 1. The fourth-order valence-electron chi connectivity index (χ4n) is 2.65. The van der Waals surface area contributed by atoms with Crippen molar-refractivity contribution in [2.24, 2.45) is 0 Å². The van der Waals surface area contributed by atoms with Crippen molar-refractivity contribution in [1.82, 2.24) is 10.3 Å². The Bertz CT molecular complexity index is 398. The van der Waals surface area contributed by atoms with Gasteiger partial charge in [-0.3, -0.25) is 0 Å². The van der Waals surface area contributed by atoms with Gasteiger partial charge in [-0.2, -0.15) is 0 Å². The number of rotatable bonds is 6. The molecule has 1 aromatic rings. The minimum atomic E-state index is 0.113. The Morgan fingerprint density at radius 1 is 1.30 bits per heavy atom. The standard InChI is InChI=1S/C15H25N3O2/c1-5-16-11(2)12-6-7-15(17-8-12)18-9-13(19-3)14(10-18)20-4/h6-8,11,13-14,16H,5,9-10H2,1-4H3. The van der Waals surface area contributed by atoms with E-state index in [1.165, 1.54) is 5.56 Å². The maximum atomic E-state index is 5.46. The lowest BCUT2D eigenvalue weighted by atomic mass is 10.1. The largest absolute Gasteiger partial charge is 0.377 e. The highest BCUT2D eigenvalue weighted by atomic mass is 16.5. The highest BCUT2D eigenvalue weighted by Gasteiger charge is 2.33.